The molecular formula is C32H38FN3O6S. The normalized spacial score (nSPS) is 14.7. The Balaban J connectivity index is 1.54. The number of nitrogens with one attached hydrogen (secondary N) is 1. The van der Waals surface area contributed by atoms with E-state index in [2.05, 4.69) is 5.32 Å². The first-order valence-electron chi connectivity index (χ1n) is 14.3. The molecule has 2 amide bonds. The Labute approximate surface area is 252 Å². The fourth-order valence-corrected chi connectivity index (χ4v) is 6.04. The van der Waals surface area contributed by atoms with Gasteiger partial charge in [-0.3, -0.25) is 9.59 Å². The minimum atomic E-state index is -3.67. The molecule has 0 saturated carbocycles. The second kappa shape index (κ2) is 15.1. The second-order valence-electron chi connectivity index (χ2n) is 10.8. The molecule has 230 valence electrons. The van der Waals surface area contributed by atoms with Gasteiger partial charge in [-0.15, -0.1) is 0 Å². The van der Waals surface area contributed by atoms with Gasteiger partial charge < -0.3 is 19.7 Å². The van der Waals surface area contributed by atoms with Gasteiger partial charge in [0.1, 0.15) is 17.6 Å². The van der Waals surface area contributed by atoms with Crippen LogP contribution in [0.3, 0.4) is 0 Å². The van der Waals surface area contributed by atoms with E-state index >= 15 is 0 Å². The summed E-state index contributed by atoms with van der Waals surface area (Å²) in [6.45, 7) is 5.35. The molecule has 0 aromatic heterocycles. The topological polar surface area (TPSA) is 105 Å². The molecule has 1 saturated heterocycles. The van der Waals surface area contributed by atoms with E-state index in [-0.39, 0.29) is 49.4 Å². The van der Waals surface area contributed by atoms with Crippen molar-refractivity contribution in [2.75, 3.05) is 39.5 Å². The second-order valence-corrected chi connectivity index (χ2v) is 12.7. The summed E-state index contributed by atoms with van der Waals surface area (Å²) in [5.41, 5.74) is 1.53. The van der Waals surface area contributed by atoms with Crippen LogP contribution < -0.4 is 10.1 Å². The lowest BCUT2D eigenvalue weighted by Crippen LogP contribution is -2.52. The maximum Gasteiger partial charge on any atom is 0.261 e. The zero-order valence-electron chi connectivity index (χ0n) is 24.4. The Morgan fingerprint density at radius 2 is 1.60 bits per heavy atom. The molecule has 1 heterocycles. The number of hydrogen-bond acceptors (Lipinski definition) is 6. The van der Waals surface area contributed by atoms with Crippen molar-refractivity contribution in [3.8, 4) is 5.75 Å². The van der Waals surface area contributed by atoms with Gasteiger partial charge in [0.05, 0.1) is 18.1 Å². The van der Waals surface area contributed by atoms with Crippen molar-refractivity contribution in [3.05, 3.63) is 95.8 Å². The van der Waals surface area contributed by atoms with E-state index in [1.807, 2.05) is 44.2 Å². The summed E-state index contributed by atoms with van der Waals surface area (Å²) in [5.74, 6) is -0.638. The van der Waals surface area contributed by atoms with Crippen LogP contribution in [0, 0.1) is 11.7 Å². The summed E-state index contributed by atoms with van der Waals surface area (Å²) >= 11 is 0. The monoisotopic (exact) mass is 611 g/mol. The molecule has 43 heavy (non-hydrogen) atoms. The van der Waals surface area contributed by atoms with Gasteiger partial charge in [0.25, 0.3) is 5.91 Å². The van der Waals surface area contributed by atoms with Crippen LogP contribution in [0.4, 0.5) is 4.39 Å². The van der Waals surface area contributed by atoms with Crippen molar-refractivity contribution in [2.24, 2.45) is 5.92 Å². The van der Waals surface area contributed by atoms with Gasteiger partial charge in [0.2, 0.25) is 15.9 Å². The van der Waals surface area contributed by atoms with Gasteiger partial charge in [0.15, 0.2) is 6.61 Å². The number of benzene rings is 3. The van der Waals surface area contributed by atoms with Crippen LogP contribution in [0.25, 0.3) is 0 Å². The summed E-state index contributed by atoms with van der Waals surface area (Å²) in [5, 5.41) is 2.95. The van der Waals surface area contributed by atoms with E-state index < -0.39 is 27.8 Å². The Morgan fingerprint density at radius 3 is 2.23 bits per heavy atom. The number of rotatable bonds is 13. The van der Waals surface area contributed by atoms with E-state index in [0.29, 0.717) is 31.1 Å². The van der Waals surface area contributed by atoms with Crippen LogP contribution >= 0.6 is 0 Å². The van der Waals surface area contributed by atoms with Crippen molar-refractivity contribution < 1.29 is 31.9 Å². The zero-order chi connectivity index (χ0) is 30.8. The third kappa shape index (κ3) is 9.09. The molecule has 1 aliphatic heterocycles. The summed E-state index contributed by atoms with van der Waals surface area (Å²) in [7, 11) is -3.67. The van der Waals surface area contributed by atoms with Crippen molar-refractivity contribution in [3.63, 3.8) is 0 Å². The third-order valence-electron chi connectivity index (χ3n) is 7.02. The molecule has 0 bridgehead atoms. The maximum atomic E-state index is 13.7. The fourth-order valence-electron chi connectivity index (χ4n) is 4.63. The van der Waals surface area contributed by atoms with Gasteiger partial charge in [-0.1, -0.05) is 56.3 Å². The van der Waals surface area contributed by atoms with E-state index in [1.165, 1.54) is 45.6 Å². The number of sulfonamides is 1. The lowest BCUT2D eigenvalue weighted by Gasteiger charge is -2.31. The number of nitrogens with zero attached hydrogens (tertiary/aromatic N) is 2. The van der Waals surface area contributed by atoms with Gasteiger partial charge in [-0.25, -0.2) is 12.8 Å². The first kappa shape index (κ1) is 32.1. The molecule has 3 aromatic rings. The molecule has 1 atom stereocenters. The lowest BCUT2D eigenvalue weighted by atomic mass is 10.0. The quantitative estimate of drug-likeness (QED) is 0.317. The Bertz CT molecular complexity index is 1440. The fraction of sp³-hybridized carbons (Fsp3) is 0.375. The number of carbonyl (C=O) groups excluding carboxylic acids is 2. The number of hydrogen-bond donors (Lipinski definition) is 1. The maximum absolute atomic E-state index is 13.7. The van der Waals surface area contributed by atoms with E-state index in [0.717, 1.165) is 5.56 Å². The minimum Gasteiger partial charge on any atom is -0.484 e. The molecule has 1 fully saturated rings. The molecule has 0 radical (unpaired) electrons. The molecule has 4 rings (SSSR count). The predicted octanol–water partition coefficient (Wildman–Crippen LogP) is 3.64. The SMILES string of the molecule is CC(C)CNC(=O)[C@H](Cc1ccccc1)N(Cc1ccc(F)cc1)C(=O)COc1ccc(S(=O)(=O)N2CCOCC2)cc1. The van der Waals surface area contributed by atoms with Crippen LogP contribution in [0.15, 0.2) is 83.8 Å². The zero-order valence-corrected chi connectivity index (χ0v) is 25.3. The summed E-state index contributed by atoms with van der Waals surface area (Å²) < 4.78 is 51.9. The highest BCUT2D eigenvalue weighted by Crippen LogP contribution is 2.21. The number of ether oxygens (including phenoxy) is 2. The van der Waals surface area contributed by atoms with Gasteiger partial charge in [-0.2, -0.15) is 4.31 Å². The molecule has 9 nitrogen and oxygen atoms in total. The smallest absolute Gasteiger partial charge is 0.261 e. The Kier molecular flexibility index (Phi) is 11.3. The number of amides is 2. The largest absolute Gasteiger partial charge is 0.484 e. The van der Waals surface area contributed by atoms with Crippen LogP contribution in [0.2, 0.25) is 0 Å². The summed E-state index contributed by atoms with van der Waals surface area (Å²) in [6.07, 6.45) is 0.270. The highest BCUT2D eigenvalue weighted by molar-refractivity contribution is 7.89. The highest BCUT2D eigenvalue weighted by atomic mass is 32.2. The number of carbonyl (C=O) groups is 2. The van der Waals surface area contributed by atoms with Gasteiger partial charge >= 0.3 is 0 Å². The average Bonchev–Trinajstić information content (AvgIpc) is 3.02. The Morgan fingerprint density at radius 1 is 0.953 bits per heavy atom. The average molecular weight is 612 g/mol. The van der Waals surface area contributed by atoms with Crippen LogP contribution in [0.5, 0.6) is 5.75 Å². The van der Waals surface area contributed by atoms with Crippen molar-refractivity contribution in [1.29, 1.82) is 0 Å². The van der Waals surface area contributed by atoms with Crippen molar-refractivity contribution in [2.45, 2.75) is 37.8 Å². The summed E-state index contributed by atoms with van der Waals surface area (Å²) in [4.78, 5) is 28.8. The van der Waals surface area contributed by atoms with Gasteiger partial charge in [0, 0.05) is 32.6 Å². The number of halogens is 1. The van der Waals surface area contributed by atoms with Crippen LogP contribution in [-0.2, 0) is 37.3 Å². The van der Waals surface area contributed by atoms with E-state index in [9.17, 15) is 22.4 Å². The van der Waals surface area contributed by atoms with Crippen LogP contribution in [0.1, 0.15) is 25.0 Å². The molecule has 0 spiro atoms. The van der Waals surface area contributed by atoms with Crippen LogP contribution in [-0.4, -0.2) is 74.9 Å². The van der Waals surface area contributed by atoms with E-state index in [1.54, 1.807) is 12.1 Å². The number of morpholine rings is 1. The van der Waals surface area contributed by atoms with Crippen molar-refractivity contribution in [1.82, 2.24) is 14.5 Å². The highest BCUT2D eigenvalue weighted by Gasteiger charge is 2.31. The third-order valence-corrected chi connectivity index (χ3v) is 8.93. The molecule has 0 unspecified atom stereocenters. The molecular weight excluding hydrogens is 573 g/mol. The molecule has 11 heteroatoms. The molecule has 1 aliphatic rings. The van der Waals surface area contributed by atoms with Crippen molar-refractivity contribution >= 4 is 21.8 Å². The standard InChI is InChI=1S/C32H38FN3O6S/c1-24(2)21-34-32(38)30(20-25-6-4-3-5-7-25)36(22-26-8-10-27(33)11-9-26)31(37)23-42-28-12-14-29(15-13-28)43(39,40)35-16-18-41-19-17-35/h3-15,24,30H,16-23H2,1-2H3,(H,34,38)/t30-/m0/s1. The molecule has 1 N–H and O–H groups in total. The molecule has 3 aromatic carbocycles. The molecule has 0 aliphatic carbocycles. The van der Waals surface area contributed by atoms with E-state index in [4.69, 9.17) is 9.47 Å². The minimum absolute atomic E-state index is 0.0613. The predicted molar refractivity (Wildman–Crippen MR) is 160 cm³/mol. The van der Waals surface area contributed by atoms with Gasteiger partial charge in [-0.05, 0) is 53.4 Å². The summed E-state index contributed by atoms with van der Waals surface area (Å²) in [6, 6.07) is 20.2. The first-order valence-corrected chi connectivity index (χ1v) is 15.7. The lowest BCUT2D eigenvalue weighted by molar-refractivity contribution is -0.142. The first-order chi connectivity index (χ1) is 20.6. The Hall–Kier alpha value is -3.80.